The Morgan fingerprint density at radius 1 is 0.467 bits per heavy atom. The summed E-state index contributed by atoms with van der Waals surface area (Å²) in [4.78, 5) is 8.76. The number of aryl methyl sites for hydroxylation is 2. The Hall–Kier alpha value is -0.920. The first-order valence-corrected chi connectivity index (χ1v) is 13.6. The Morgan fingerprint density at radius 3 is 1.10 bits per heavy atom. The van der Waals surface area contributed by atoms with E-state index in [0.29, 0.717) is 0 Å². The summed E-state index contributed by atoms with van der Waals surface area (Å²) in [6.45, 7) is 4.58. The third kappa shape index (κ3) is 16.8. The van der Waals surface area contributed by atoms with Gasteiger partial charge < -0.3 is 0 Å². The summed E-state index contributed by atoms with van der Waals surface area (Å²) >= 11 is 0. The van der Waals surface area contributed by atoms with Crippen LogP contribution < -0.4 is 0 Å². The van der Waals surface area contributed by atoms with E-state index in [1.807, 2.05) is 0 Å². The average Bonchev–Trinajstić information content (AvgIpc) is 2.76. The molecule has 0 unspecified atom stereocenters. The summed E-state index contributed by atoms with van der Waals surface area (Å²) in [5, 5.41) is 0. The Kier molecular flexibility index (Phi) is 19.3. The van der Waals surface area contributed by atoms with Gasteiger partial charge in [-0.25, -0.2) is 9.97 Å². The van der Waals surface area contributed by atoms with E-state index < -0.39 is 0 Å². The third-order valence-corrected chi connectivity index (χ3v) is 6.29. The van der Waals surface area contributed by atoms with Crippen molar-refractivity contribution < 1.29 is 0 Å². The van der Waals surface area contributed by atoms with Crippen LogP contribution in [0.1, 0.15) is 154 Å². The standard InChI is InChI=1S/C28H51N2/c1-3-5-7-9-11-13-15-17-19-21-23-27-25-28(30-26-29-27)24-22-20-18-16-14-12-10-8-6-4-2/h25H,3-24H2,1-2H3. The molecule has 1 heterocycles. The lowest BCUT2D eigenvalue weighted by Crippen LogP contribution is -1.97. The van der Waals surface area contributed by atoms with Gasteiger partial charge in [-0.3, -0.25) is 0 Å². The second-order valence-electron chi connectivity index (χ2n) is 9.31. The number of aromatic nitrogens is 2. The van der Waals surface area contributed by atoms with E-state index >= 15 is 0 Å². The molecule has 1 radical (unpaired) electrons. The summed E-state index contributed by atoms with van der Waals surface area (Å²) in [6.07, 6.45) is 32.9. The zero-order valence-corrected chi connectivity index (χ0v) is 20.5. The maximum atomic E-state index is 4.38. The van der Waals surface area contributed by atoms with Gasteiger partial charge in [0.15, 0.2) is 6.33 Å². The topological polar surface area (TPSA) is 25.8 Å². The quantitative estimate of drug-likeness (QED) is 0.176. The number of hydrogen-bond acceptors (Lipinski definition) is 2. The fourth-order valence-corrected chi connectivity index (χ4v) is 4.25. The van der Waals surface area contributed by atoms with E-state index in [1.165, 1.54) is 140 Å². The lowest BCUT2D eigenvalue weighted by molar-refractivity contribution is 0.553. The maximum Gasteiger partial charge on any atom is 0.198 e. The van der Waals surface area contributed by atoms with Crippen molar-refractivity contribution in [1.82, 2.24) is 9.97 Å². The van der Waals surface area contributed by atoms with Gasteiger partial charge in [0.25, 0.3) is 0 Å². The highest BCUT2D eigenvalue weighted by Crippen LogP contribution is 2.14. The molecule has 30 heavy (non-hydrogen) atoms. The Labute approximate surface area is 189 Å². The van der Waals surface area contributed by atoms with Gasteiger partial charge in [-0.05, 0) is 31.7 Å². The Bertz CT molecular complexity index is 432. The summed E-state index contributed by atoms with van der Waals surface area (Å²) in [7, 11) is 0. The van der Waals surface area contributed by atoms with Crippen LogP contribution in [0.15, 0.2) is 6.07 Å². The molecular formula is C28H51N2. The minimum atomic E-state index is 1.10. The molecule has 0 fully saturated rings. The van der Waals surface area contributed by atoms with E-state index in [1.54, 1.807) is 0 Å². The SMILES string of the molecule is CCCCCCCCCCCCc1cc(CCCCCCCCCCCC)n[c]n1. The van der Waals surface area contributed by atoms with Crippen molar-refractivity contribution in [1.29, 1.82) is 0 Å². The molecular weight excluding hydrogens is 364 g/mol. The molecule has 0 saturated carbocycles. The van der Waals surface area contributed by atoms with Crippen LogP contribution in [0.25, 0.3) is 0 Å². The van der Waals surface area contributed by atoms with Gasteiger partial charge in [0.1, 0.15) is 0 Å². The molecule has 1 aromatic rings. The van der Waals surface area contributed by atoms with Gasteiger partial charge in [0.2, 0.25) is 0 Å². The molecule has 0 aliphatic carbocycles. The summed E-state index contributed by atoms with van der Waals surface area (Å²) in [6, 6.07) is 2.23. The van der Waals surface area contributed by atoms with Crippen molar-refractivity contribution in [3.05, 3.63) is 23.8 Å². The first-order chi connectivity index (χ1) is 14.9. The van der Waals surface area contributed by atoms with Crippen LogP contribution in [-0.2, 0) is 12.8 Å². The van der Waals surface area contributed by atoms with Crippen LogP contribution in [0.2, 0.25) is 0 Å². The molecule has 0 amide bonds. The molecule has 0 saturated heterocycles. The highest BCUT2D eigenvalue weighted by atomic mass is 14.8. The fourth-order valence-electron chi connectivity index (χ4n) is 4.25. The molecule has 0 bridgehead atoms. The largest absolute Gasteiger partial charge is 0.230 e. The fraction of sp³-hybridized carbons (Fsp3) is 0.857. The maximum absolute atomic E-state index is 4.38. The van der Waals surface area contributed by atoms with Gasteiger partial charge in [0, 0.05) is 11.4 Å². The highest BCUT2D eigenvalue weighted by Gasteiger charge is 2.01. The molecule has 1 rings (SSSR count). The number of unbranched alkanes of at least 4 members (excludes halogenated alkanes) is 18. The minimum Gasteiger partial charge on any atom is -0.230 e. The molecule has 0 spiro atoms. The number of hydrogen-bond donors (Lipinski definition) is 0. The zero-order chi connectivity index (χ0) is 21.5. The monoisotopic (exact) mass is 415 g/mol. The molecule has 0 aliphatic heterocycles. The normalized spacial score (nSPS) is 11.3. The van der Waals surface area contributed by atoms with Crippen LogP contribution >= 0.6 is 0 Å². The van der Waals surface area contributed by atoms with E-state index in [2.05, 4.69) is 36.2 Å². The summed E-state index contributed by atoms with van der Waals surface area (Å²) in [5.41, 5.74) is 2.40. The van der Waals surface area contributed by atoms with Crippen molar-refractivity contribution in [2.75, 3.05) is 0 Å². The van der Waals surface area contributed by atoms with E-state index in [9.17, 15) is 0 Å². The third-order valence-electron chi connectivity index (χ3n) is 6.29. The number of nitrogens with zero attached hydrogens (tertiary/aromatic N) is 2. The first-order valence-electron chi connectivity index (χ1n) is 13.6. The van der Waals surface area contributed by atoms with Crippen LogP contribution in [0.3, 0.4) is 0 Å². The molecule has 0 aliphatic rings. The van der Waals surface area contributed by atoms with Crippen molar-refractivity contribution >= 4 is 0 Å². The lowest BCUT2D eigenvalue weighted by Gasteiger charge is -2.05. The minimum absolute atomic E-state index is 1.10. The van der Waals surface area contributed by atoms with Crippen molar-refractivity contribution in [3.63, 3.8) is 0 Å². The van der Waals surface area contributed by atoms with Crippen molar-refractivity contribution in [2.24, 2.45) is 0 Å². The highest BCUT2D eigenvalue weighted by molar-refractivity contribution is 5.08. The molecule has 173 valence electrons. The van der Waals surface area contributed by atoms with Gasteiger partial charge in [-0.15, -0.1) is 0 Å². The van der Waals surface area contributed by atoms with Gasteiger partial charge >= 0.3 is 0 Å². The van der Waals surface area contributed by atoms with Crippen molar-refractivity contribution in [3.8, 4) is 0 Å². The molecule has 2 heteroatoms. The Morgan fingerprint density at radius 2 is 0.767 bits per heavy atom. The van der Waals surface area contributed by atoms with E-state index in [-0.39, 0.29) is 0 Å². The number of rotatable bonds is 22. The van der Waals surface area contributed by atoms with Crippen molar-refractivity contribution in [2.45, 2.75) is 155 Å². The van der Waals surface area contributed by atoms with E-state index in [0.717, 1.165) is 12.8 Å². The van der Waals surface area contributed by atoms with Crippen LogP contribution in [0.4, 0.5) is 0 Å². The van der Waals surface area contributed by atoms with Crippen LogP contribution in [-0.4, -0.2) is 9.97 Å². The molecule has 0 N–H and O–H groups in total. The summed E-state index contributed by atoms with van der Waals surface area (Å²) < 4.78 is 0. The van der Waals surface area contributed by atoms with E-state index in [4.69, 9.17) is 0 Å². The predicted octanol–water partition coefficient (Wildman–Crippen LogP) is 9.20. The van der Waals surface area contributed by atoms with Crippen LogP contribution in [0.5, 0.6) is 0 Å². The van der Waals surface area contributed by atoms with Crippen LogP contribution in [0, 0.1) is 6.33 Å². The van der Waals surface area contributed by atoms with Gasteiger partial charge in [0.05, 0.1) is 0 Å². The second kappa shape index (κ2) is 21.3. The second-order valence-corrected chi connectivity index (χ2v) is 9.31. The smallest absolute Gasteiger partial charge is 0.198 e. The molecule has 0 atom stereocenters. The lowest BCUT2D eigenvalue weighted by atomic mass is 10.0. The predicted molar refractivity (Wildman–Crippen MR) is 132 cm³/mol. The zero-order valence-electron chi connectivity index (χ0n) is 20.5. The molecule has 0 aromatic carbocycles. The van der Waals surface area contributed by atoms with Gasteiger partial charge in [-0.1, -0.05) is 129 Å². The first kappa shape index (κ1) is 27.1. The molecule has 2 nitrogen and oxygen atoms in total. The Balaban J connectivity index is 1.97. The summed E-state index contributed by atoms with van der Waals surface area (Å²) in [5.74, 6) is 0. The van der Waals surface area contributed by atoms with Gasteiger partial charge in [-0.2, -0.15) is 0 Å². The average molecular weight is 416 g/mol. The molecule has 1 aromatic heterocycles.